The van der Waals surface area contributed by atoms with E-state index in [2.05, 4.69) is 44.6 Å². The van der Waals surface area contributed by atoms with Gasteiger partial charge in [-0.05, 0) is 73.7 Å². The quantitative estimate of drug-likeness (QED) is 0.540. The Hall–Kier alpha value is -3.06. The number of hydrogen-bond acceptors (Lipinski definition) is 5. The molecule has 3 aromatic heterocycles. The van der Waals surface area contributed by atoms with Crippen LogP contribution in [0.2, 0.25) is 0 Å². The molecule has 1 aliphatic carbocycles. The molecule has 0 saturated carbocycles. The van der Waals surface area contributed by atoms with E-state index < -0.39 is 0 Å². The lowest BCUT2D eigenvalue weighted by molar-refractivity contribution is 0.0933. The molecule has 1 amide bonds. The molecule has 0 radical (unpaired) electrons. The van der Waals surface area contributed by atoms with E-state index in [0.717, 1.165) is 34.7 Å². The van der Waals surface area contributed by atoms with Crippen LogP contribution in [0.15, 0.2) is 41.8 Å². The second kappa shape index (κ2) is 7.65. The summed E-state index contributed by atoms with van der Waals surface area (Å²) in [6, 6.07) is 12.4. The highest BCUT2D eigenvalue weighted by atomic mass is 32.1. The Bertz CT molecular complexity index is 1230. The molecule has 0 bridgehead atoms. The zero-order valence-electron chi connectivity index (χ0n) is 17.1. The molecule has 3 heterocycles. The summed E-state index contributed by atoms with van der Waals surface area (Å²) in [5.41, 5.74) is 5.68. The Labute approximate surface area is 179 Å². The summed E-state index contributed by atoms with van der Waals surface area (Å²) in [6.45, 7) is 3.84. The van der Waals surface area contributed by atoms with Gasteiger partial charge in [-0.25, -0.2) is 9.50 Å². The summed E-state index contributed by atoms with van der Waals surface area (Å²) in [4.78, 5) is 22.9. The number of nitrogens with one attached hydrogen (secondary N) is 1. The molecule has 1 unspecified atom stereocenters. The number of benzene rings is 1. The Morgan fingerprint density at radius 3 is 2.73 bits per heavy atom. The predicted molar refractivity (Wildman–Crippen MR) is 117 cm³/mol. The van der Waals surface area contributed by atoms with Gasteiger partial charge in [0, 0.05) is 16.3 Å². The minimum Gasteiger partial charge on any atom is -0.338 e. The van der Waals surface area contributed by atoms with Gasteiger partial charge in [0.05, 0.1) is 6.04 Å². The molecular formula is C23H23N5OS. The minimum atomic E-state index is -0.298. The first-order valence-corrected chi connectivity index (χ1v) is 11.1. The van der Waals surface area contributed by atoms with Crippen LogP contribution in [0.1, 0.15) is 62.5 Å². The first-order chi connectivity index (χ1) is 14.6. The van der Waals surface area contributed by atoms with E-state index in [1.807, 2.05) is 31.4 Å². The molecule has 7 heteroatoms. The lowest BCUT2D eigenvalue weighted by Gasteiger charge is -2.21. The van der Waals surface area contributed by atoms with Crippen molar-refractivity contribution < 1.29 is 4.79 Å². The zero-order chi connectivity index (χ0) is 20.7. The summed E-state index contributed by atoms with van der Waals surface area (Å²) in [6.07, 6.45) is 4.72. The molecule has 0 saturated heterocycles. The van der Waals surface area contributed by atoms with Gasteiger partial charge in [0.2, 0.25) is 5.82 Å². The van der Waals surface area contributed by atoms with E-state index in [9.17, 15) is 4.79 Å². The normalized spacial score (nSPS) is 14.5. The maximum atomic E-state index is 13.1. The van der Waals surface area contributed by atoms with Crippen molar-refractivity contribution in [3.05, 3.63) is 80.6 Å². The van der Waals surface area contributed by atoms with Crippen LogP contribution in [0.4, 0.5) is 0 Å². The topological polar surface area (TPSA) is 72.2 Å². The Morgan fingerprint density at radius 1 is 1.10 bits per heavy atom. The lowest BCUT2D eigenvalue weighted by Crippen LogP contribution is -2.30. The van der Waals surface area contributed by atoms with Gasteiger partial charge >= 0.3 is 0 Å². The van der Waals surface area contributed by atoms with Crippen LogP contribution in [-0.4, -0.2) is 25.5 Å². The fraction of sp³-hybridized carbons (Fsp3) is 0.304. The third kappa shape index (κ3) is 3.50. The summed E-state index contributed by atoms with van der Waals surface area (Å²) < 4.78 is 1.61. The van der Waals surface area contributed by atoms with Crippen molar-refractivity contribution in [2.24, 2.45) is 0 Å². The van der Waals surface area contributed by atoms with Crippen molar-refractivity contribution in [2.75, 3.05) is 0 Å². The Kier molecular flexibility index (Phi) is 4.83. The number of rotatable bonds is 4. The number of aryl methyl sites for hydroxylation is 4. The van der Waals surface area contributed by atoms with Gasteiger partial charge in [0.25, 0.3) is 11.7 Å². The summed E-state index contributed by atoms with van der Waals surface area (Å²) in [7, 11) is 0. The number of amides is 1. The number of nitrogens with zero attached hydrogens (tertiary/aromatic N) is 4. The van der Waals surface area contributed by atoms with Crippen LogP contribution in [0.5, 0.6) is 0 Å². The van der Waals surface area contributed by atoms with Crippen LogP contribution in [0.3, 0.4) is 0 Å². The molecule has 6 nitrogen and oxygen atoms in total. The highest BCUT2D eigenvalue weighted by Gasteiger charge is 2.23. The van der Waals surface area contributed by atoms with Crippen molar-refractivity contribution >= 4 is 23.0 Å². The first kappa shape index (κ1) is 18.9. The van der Waals surface area contributed by atoms with Crippen LogP contribution in [0.25, 0.3) is 5.78 Å². The fourth-order valence-corrected chi connectivity index (χ4v) is 4.97. The third-order valence-electron chi connectivity index (χ3n) is 5.63. The Morgan fingerprint density at radius 2 is 1.93 bits per heavy atom. The molecule has 0 fully saturated rings. The number of thiophene rings is 1. The number of aromatic nitrogens is 4. The van der Waals surface area contributed by atoms with E-state index in [1.54, 1.807) is 15.9 Å². The molecule has 1 atom stereocenters. The van der Waals surface area contributed by atoms with Crippen LogP contribution < -0.4 is 5.32 Å². The van der Waals surface area contributed by atoms with Gasteiger partial charge in [-0.1, -0.05) is 24.3 Å². The first-order valence-electron chi connectivity index (χ1n) is 10.3. The second-order valence-electron chi connectivity index (χ2n) is 7.84. The minimum absolute atomic E-state index is 0.135. The van der Waals surface area contributed by atoms with Crippen LogP contribution in [-0.2, 0) is 12.8 Å². The molecule has 4 aromatic rings. The summed E-state index contributed by atoms with van der Waals surface area (Å²) in [5.74, 6) is 0.281. The summed E-state index contributed by atoms with van der Waals surface area (Å²) >= 11 is 1.64. The van der Waals surface area contributed by atoms with Gasteiger partial charge in [-0.3, -0.25) is 4.79 Å². The van der Waals surface area contributed by atoms with Crippen molar-refractivity contribution in [3.63, 3.8) is 0 Å². The Balaban J connectivity index is 1.49. The number of hydrogen-bond donors (Lipinski definition) is 1. The maximum Gasteiger partial charge on any atom is 0.291 e. The van der Waals surface area contributed by atoms with Crippen molar-refractivity contribution in [1.29, 1.82) is 0 Å². The fourth-order valence-electron chi connectivity index (χ4n) is 4.17. The molecule has 0 spiro atoms. The summed E-state index contributed by atoms with van der Waals surface area (Å²) in [5, 5.41) is 9.58. The van der Waals surface area contributed by atoms with E-state index >= 15 is 0 Å². The molecule has 5 rings (SSSR count). The number of carbonyl (C=O) groups is 1. The van der Waals surface area contributed by atoms with Gasteiger partial charge in [0.1, 0.15) is 0 Å². The number of fused-ring (bicyclic) bond motifs is 2. The van der Waals surface area contributed by atoms with Gasteiger partial charge < -0.3 is 5.32 Å². The monoisotopic (exact) mass is 417 g/mol. The molecular weight excluding hydrogens is 394 g/mol. The second-order valence-corrected chi connectivity index (χ2v) is 8.82. The van der Waals surface area contributed by atoms with E-state index in [0.29, 0.717) is 5.78 Å². The molecule has 1 aliphatic rings. The standard InChI is InChI=1S/C23H23N5OS/c1-14-12-15(2)28-23(24-14)26-21(27-28)22(29)25-20(19-8-5-11-30-19)18-10-9-16-6-3-4-7-17(16)13-18/h5,8-13,20H,3-4,6-7H2,1-2H3,(H,25,29). The van der Waals surface area contributed by atoms with E-state index in [4.69, 9.17) is 0 Å². The van der Waals surface area contributed by atoms with Crippen LogP contribution in [0, 0.1) is 13.8 Å². The maximum absolute atomic E-state index is 13.1. The molecule has 1 N–H and O–H groups in total. The van der Waals surface area contributed by atoms with E-state index in [1.165, 1.54) is 24.0 Å². The van der Waals surface area contributed by atoms with Crippen molar-refractivity contribution in [1.82, 2.24) is 24.9 Å². The van der Waals surface area contributed by atoms with Crippen molar-refractivity contribution in [2.45, 2.75) is 45.6 Å². The molecule has 30 heavy (non-hydrogen) atoms. The molecule has 152 valence electrons. The highest BCUT2D eigenvalue weighted by molar-refractivity contribution is 7.10. The lowest BCUT2D eigenvalue weighted by atomic mass is 9.89. The third-order valence-corrected chi connectivity index (χ3v) is 6.57. The van der Waals surface area contributed by atoms with Crippen molar-refractivity contribution in [3.8, 4) is 0 Å². The van der Waals surface area contributed by atoms with Gasteiger partial charge in [0.15, 0.2) is 0 Å². The molecule has 1 aromatic carbocycles. The zero-order valence-corrected chi connectivity index (χ0v) is 17.9. The highest BCUT2D eigenvalue weighted by Crippen LogP contribution is 2.30. The average Bonchev–Trinajstić information content (AvgIpc) is 3.41. The largest absolute Gasteiger partial charge is 0.338 e. The van der Waals surface area contributed by atoms with Gasteiger partial charge in [-0.15, -0.1) is 16.4 Å². The average molecular weight is 418 g/mol. The molecule has 0 aliphatic heterocycles. The smallest absolute Gasteiger partial charge is 0.291 e. The van der Waals surface area contributed by atoms with Gasteiger partial charge in [-0.2, -0.15) is 4.98 Å². The van der Waals surface area contributed by atoms with E-state index in [-0.39, 0.29) is 17.8 Å². The SMILES string of the molecule is Cc1cc(C)n2nc(C(=O)NC(c3ccc4c(c3)CCCC4)c3cccs3)nc2n1. The predicted octanol–water partition coefficient (Wildman–Crippen LogP) is 4.20. The van der Waals surface area contributed by atoms with Crippen LogP contribution >= 0.6 is 11.3 Å². The number of carbonyl (C=O) groups excluding carboxylic acids is 1.